The summed E-state index contributed by atoms with van der Waals surface area (Å²) >= 11 is 5.75. The predicted molar refractivity (Wildman–Crippen MR) is 86.6 cm³/mol. The van der Waals surface area contributed by atoms with E-state index in [1.807, 2.05) is 19.1 Å². The number of benzene rings is 1. The van der Waals surface area contributed by atoms with Crippen molar-refractivity contribution in [1.82, 2.24) is 10.8 Å². The first-order valence-corrected chi connectivity index (χ1v) is 8.04. The van der Waals surface area contributed by atoms with Crippen LogP contribution in [-0.2, 0) is 15.5 Å². The molecule has 6 heteroatoms. The van der Waals surface area contributed by atoms with E-state index < -0.39 is 0 Å². The lowest BCUT2D eigenvalue weighted by Crippen LogP contribution is -2.25. The number of nitrogens with one attached hydrogen (secondary N) is 2. The predicted octanol–water partition coefficient (Wildman–Crippen LogP) is 2.78. The zero-order valence-corrected chi connectivity index (χ0v) is 13.6. The Morgan fingerprint density at radius 3 is 2.77 bits per heavy atom. The first-order chi connectivity index (χ1) is 10.7. The van der Waals surface area contributed by atoms with Crippen LogP contribution in [-0.4, -0.2) is 25.0 Å². The minimum atomic E-state index is -0.108. The third-order valence-corrected chi connectivity index (χ3v) is 3.35. The summed E-state index contributed by atoms with van der Waals surface area (Å²) in [7, 11) is 0. The normalized spacial score (nSPS) is 10.3. The molecule has 0 aromatic heterocycles. The molecule has 5 nitrogen and oxygen atoms in total. The van der Waals surface area contributed by atoms with Crippen LogP contribution in [0.5, 0.6) is 0 Å². The van der Waals surface area contributed by atoms with Gasteiger partial charge < -0.3 is 5.32 Å². The Bertz CT molecular complexity index is 480. The van der Waals surface area contributed by atoms with Gasteiger partial charge in [-0.1, -0.05) is 18.6 Å². The average Bonchev–Trinajstić information content (AvgIpc) is 2.55. The molecule has 0 heterocycles. The second-order valence-electron chi connectivity index (χ2n) is 4.86. The number of amides is 2. The van der Waals surface area contributed by atoms with Crippen LogP contribution in [0.3, 0.4) is 0 Å². The maximum Gasteiger partial charge on any atom is 0.251 e. The molecule has 0 radical (unpaired) electrons. The zero-order chi connectivity index (χ0) is 16.2. The summed E-state index contributed by atoms with van der Waals surface area (Å²) in [4.78, 5) is 28.0. The van der Waals surface area contributed by atoms with Crippen molar-refractivity contribution in [3.05, 3.63) is 35.4 Å². The molecule has 1 aromatic carbocycles. The lowest BCUT2D eigenvalue weighted by atomic mass is 10.1. The summed E-state index contributed by atoms with van der Waals surface area (Å²) in [6.45, 7) is 2.87. The lowest BCUT2D eigenvalue weighted by molar-refractivity contribution is -0.133. The fourth-order valence-corrected chi connectivity index (χ4v) is 2.06. The minimum absolute atomic E-state index is 0.0962. The molecule has 2 amide bonds. The van der Waals surface area contributed by atoms with E-state index in [9.17, 15) is 9.59 Å². The van der Waals surface area contributed by atoms with Gasteiger partial charge in [-0.05, 0) is 37.5 Å². The quantitative estimate of drug-likeness (QED) is 0.395. The number of hydrogen-bond donors (Lipinski definition) is 2. The van der Waals surface area contributed by atoms with Gasteiger partial charge >= 0.3 is 0 Å². The minimum Gasteiger partial charge on any atom is -0.352 e. The largest absolute Gasteiger partial charge is 0.352 e. The number of halogens is 1. The molecule has 122 valence electrons. The van der Waals surface area contributed by atoms with Gasteiger partial charge in [-0.3, -0.25) is 14.4 Å². The number of alkyl halides is 1. The summed E-state index contributed by atoms with van der Waals surface area (Å²) in [6.07, 6.45) is 2.92. The molecular weight excluding hydrogens is 304 g/mol. The second-order valence-corrected chi connectivity index (χ2v) is 5.13. The fraction of sp³-hybridized carbons (Fsp3) is 0.500. The highest BCUT2D eigenvalue weighted by atomic mass is 35.5. The zero-order valence-electron chi connectivity index (χ0n) is 12.9. The smallest absolute Gasteiger partial charge is 0.251 e. The second kappa shape index (κ2) is 11.0. The van der Waals surface area contributed by atoms with Crippen LogP contribution in [0.4, 0.5) is 0 Å². The van der Waals surface area contributed by atoms with E-state index in [1.54, 1.807) is 12.1 Å². The Kier molecular flexibility index (Phi) is 9.26. The van der Waals surface area contributed by atoms with Crippen LogP contribution in [0.25, 0.3) is 0 Å². The Morgan fingerprint density at radius 2 is 2.05 bits per heavy atom. The molecule has 1 aromatic rings. The number of hydrogen-bond acceptors (Lipinski definition) is 3. The Morgan fingerprint density at radius 1 is 1.23 bits per heavy atom. The summed E-state index contributed by atoms with van der Waals surface area (Å²) in [5.74, 6) is 0.190. The number of hydroxylamine groups is 1. The summed E-state index contributed by atoms with van der Waals surface area (Å²) in [5, 5.41) is 2.87. The molecule has 2 N–H and O–H groups in total. The van der Waals surface area contributed by atoms with Gasteiger partial charge in [0.25, 0.3) is 5.91 Å². The lowest BCUT2D eigenvalue weighted by Gasteiger charge is -2.06. The molecule has 0 spiro atoms. The molecule has 0 bridgehead atoms. The average molecular weight is 327 g/mol. The fourth-order valence-electron chi connectivity index (χ4n) is 1.89. The number of unbranched alkanes of at least 4 members (excludes halogenated alkanes) is 2. The van der Waals surface area contributed by atoms with Gasteiger partial charge in [-0.25, -0.2) is 5.48 Å². The van der Waals surface area contributed by atoms with Crippen molar-refractivity contribution in [1.29, 1.82) is 0 Å². The SMILES string of the molecule is CCONC(=O)CCCCCNC(=O)c1cccc(CCl)c1. The van der Waals surface area contributed by atoms with Gasteiger partial charge in [0.15, 0.2) is 0 Å². The van der Waals surface area contributed by atoms with Gasteiger partial charge in [0.05, 0.1) is 6.61 Å². The summed E-state index contributed by atoms with van der Waals surface area (Å²) in [6, 6.07) is 7.27. The van der Waals surface area contributed by atoms with Gasteiger partial charge in [-0.15, -0.1) is 11.6 Å². The Balaban J connectivity index is 2.14. The number of carbonyl (C=O) groups is 2. The molecule has 0 aliphatic heterocycles. The highest BCUT2D eigenvalue weighted by molar-refractivity contribution is 6.17. The van der Waals surface area contributed by atoms with Crippen LogP contribution < -0.4 is 10.8 Å². The van der Waals surface area contributed by atoms with Crippen LogP contribution >= 0.6 is 11.6 Å². The van der Waals surface area contributed by atoms with E-state index in [0.717, 1.165) is 24.8 Å². The van der Waals surface area contributed by atoms with E-state index in [1.165, 1.54) is 0 Å². The van der Waals surface area contributed by atoms with Crippen molar-refractivity contribution < 1.29 is 14.4 Å². The third-order valence-electron chi connectivity index (χ3n) is 3.04. The molecule has 0 saturated heterocycles. The maximum atomic E-state index is 11.9. The standard InChI is InChI=1S/C16H23ClN2O3/c1-2-22-19-15(20)9-4-3-5-10-18-16(21)14-8-6-7-13(11-14)12-17/h6-8,11H,2-5,9-10,12H2,1H3,(H,18,21)(H,19,20). The topological polar surface area (TPSA) is 67.4 Å². The summed E-state index contributed by atoms with van der Waals surface area (Å²) in [5.41, 5.74) is 3.90. The van der Waals surface area contributed by atoms with Gasteiger partial charge in [0.2, 0.25) is 5.91 Å². The first kappa shape index (κ1) is 18.5. The highest BCUT2D eigenvalue weighted by Gasteiger charge is 2.05. The van der Waals surface area contributed by atoms with E-state index in [-0.39, 0.29) is 11.8 Å². The van der Waals surface area contributed by atoms with Gasteiger partial charge in [-0.2, -0.15) is 0 Å². The first-order valence-electron chi connectivity index (χ1n) is 7.51. The molecular formula is C16H23ClN2O3. The van der Waals surface area contributed by atoms with Crippen molar-refractivity contribution >= 4 is 23.4 Å². The van der Waals surface area contributed by atoms with Crippen molar-refractivity contribution in [3.63, 3.8) is 0 Å². The Labute approximate surface area is 136 Å². The molecule has 0 aliphatic rings. The molecule has 22 heavy (non-hydrogen) atoms. The van der Waals surface area contributed by atoms with Gasteiger partial charge in [0.1, 0.15) is 0 Å². The van der Waals surface area contributed by atoms with Gasteiger partial charge in [0, 0.05) is 24.4 Å². The van der Waals surface area contributed by atoms with Crippen LogP contribution in [0.15, 0.2) is 24.3 Å². The molecule has 0 atom stereocenters. The van der Waals surface area contributed by atoms with E-state index in [0.29, 0.717) is 31.0 Å². The molecule has 0 fully saturated rings. The Hall–Kier alpha value is -1.59. The summed E-state index contributed by atoms with van der Waals surface area (Å²) < 4.78 is 0. The third kappa shape index (κ3) is 7.43. The number of carbonyl (C=O) groups excluding carboxylic acids is 2. The van der Waals surface area contributed by atoms with Crippen molar-refractivity contribution in [2.24, 2.45) is 0 Å². The molecule has 1 rings (SSSR count). The highest BCUT2D eigenvalue weighted by Crippen LogP contribution is 2.08. The van der Waals surface area contributed by atoms with Crippen LogP contribution in [0.2, 0.25) is 0 Å². The van der Waals surface area contributed by atoms with E-state index in [2.05, 4.69) is 10.8 Å². The maximum absolute atomic E-state index is 11.9. The monoisotopic (exact) mass is 326 g/mol. The van der Waals surface area contributed by atoms with Crippen molar-refractivity contribution in [3.8, 4) is 0 Å². The van der Waals surface area contributed by atoms with Crippen molar-refractivity contribution in [2.45, 2.75) is 38.5 Å². The van der Waals surface area contributed by atoms with Crippen LogP contribution in [0.1, 0.15) is 48.5 Å². The molecule has 0 aliphatic carbocycles. The molecule has 0 unspecified atom stereocenters. The van der Waals surface area contributed by atoms with E-state index in [4.69, 9.17) is 16.4 Å². The van der Waals surface area contributed by atoms with E-state index >= 15 is 0 Å². The van der Waals surface area contributed by atoms with Crippen molar-refractivity contribution in [2.75, 3.05) is 13.2 Å². The molecule has 0 saturated carbocycles. The van der Waals surface area contributed by atoms with Crippen LogP contribution in [0, 0.1) is 0 Å². The number of rotatable bonds is 10.